The molecule has 0 radical (unpaired) electrons. The Morgan fingerprint density at radius 2 is 1.91 bits per heavy atom. The van der Waals surface area contributed by atoms with Crippen molar-refractivity contribution < 1.29 is 23.4 Å². The van der Waals surface area contributed by atoms with Crippen molar-refractivity contribution in [1.29, 1.82) is 5.26 Å². The van der Waals surface area contributed by atoms with Crippen molar-refractivity contribution in [2.75, 3.05) is 26.8 Å². The number of terminal acetylenes is 1. The maximum atomic E-state index is 14.3. The molecule has 2 aromatic carbocycles. The highest BCUT2D eigenvalue weighted by atomic mass is 19.1. The summed E-state index contributed by atoms with van der Waals surface area (Å²) in [6.45, 7) is 10.0. The molecule has 2 aliphatic heterocycles. The molecule has 0 spiro atoms. The number of esters is 1. The molecule has 46 heavy (non-hydrogen) atoms. The lowest BCUT2D eigenvalue weighted by molar-refractivity contribution is -0.0591. The third-order valence-corrected chi connectivity index (χ3v) is 8.16. The van der Waals surface area contributed by atoms with Crippen LogP contribution in [0.1, 0.15) is 66.1 Å². The van der Waals surface area contributed by atoms with E-state index in [2.05, 4.69) is 29.2 Å². The second kappa shape index (κ2) is 16.0. The summed E-state index contributed by atoms with van der Waals surface area (Å²) in [7, 11) is 1.38. The van der Waals surface area contributed by atoms with Crippen LogP contribution in [0.5, 0.6) is 5.88 Å². The zero-order valence-electron chi connectivity index (χ0n) is 26.8. The van der Waals surface area contributed by atoms with Crippen LogP contribution >= 0.6 is 0 Å². The van der Waals surface area contributed by atoms with Gasteiger partial charge in [-0.1, -0.05) is 32.9 Å². The third kappa shape index (κ3) is 7.71. The molecule has 240 valence electrons. The summed E-state index contributed by atoms with van der Waals surface area (Å²) in [4.78, 5) is 24.3. The van der Waals surface area contributed by atoms with E-state index < -0.39 is 5.82 Å². The van der Waals surface area contributed by atoms with E-state index in [9.17, 15) is 9.18 Å². The Morgan fingerprint density at radius 3 is 2.59 bits per heavy atom. The molecule has 6 rings (SSSR count). The third-order valence-electron chi connectivity index (χ3n) is 8.16. The van der Waals surface area contributed by atoms with Crippen LogP contribution in [0.4, 0.5) is 4.39 Å². The number of nitrogens with zero attached hydrogens (tertiary/aromatic N) is 5. The van der Waals surface area contributed by atoms with Gasteiger partial charge in [-0.25, -0.2) is 19.2 Å². The van der Waals surface area contributed by atoms with Gasteiger partial charge in [0, 0.05) is 42.9 Å². The fourth-order valence-electron chi connectivity index (χ4n) is 5.76. The highest BCUT2D eigenvalue weighted by molar-refractivity contribution is 5.93. The maximum Gasteiger partial charge on any atom is 0.337 e. The van der Waals surface area contributed by atoms with Crippen LogP contribution in [0.3, 0.4) is 0 Å². The number of carbonyl (C=O) groups is 1. The van der Waals surface area contributed by atoms with Crippen molar-refractivity contribution in [3.63, 3.8) is 0 Å². The van der Waals surface area contributed by atoms with E-state index in [-0.39, 0.29) is 30.2 Å². The lowest BCUT2D eigenvalue weighted by atomic mass is 9.94. The van der Waals surface area contributed by atoms with Gasteiger partial charge in [0.2, 0.25) is 5.88 Å². The summed E-state index contributed by atoms with van der Waals surface area (Å²) < 4.78 is 33.0. The molecule has 0 N–H and O–H groups in total. The molecular formula is C36H40FN5O4. The summed E-state index contributed by atoms with van der Waals surface area (Å²) in [6.07, 6.45) is 9.14. The van der Waals surface area contributed by atoms with E-state index in [1.807, 2.05) is 44.2 Å². The van der Waals surface area contributed by atoms with Crippen LogP contribution in [0, 0.1) is 35.9 Å². The van der Waals surface area contributed by atoms with Gasteiger partial charge >= 0.3 is 5.97 Å². The van der Waals surface area contributed by atoms with Crippen molar-refractivity contribution in [1.82, 2.24) is 19.4 Å². The van der Waals surface area contributed by atoms with Gasteiger partial charge in [0.25, 0.3) is 0 Å². The number of rotatable bonds is 9. The Hall–Kier alpha value is -4.77. The van der Waals surface area contributed by atoms with Crippen molar-refractivity contribution in [3.05, 3.63) is 88.6 Å². The number of likely N-dealkylation sites (tertiary alicyclic amines) is 1. The highest BCUT2D eigenvalue weighted by Crippen LogP contribution is 2.34. The van der Waals surface area contributed by atoms with Crippen molar-refractivity contribution in [2.24, 2.45) is 5.92 Å². The van der Waals surface area contributed by atoms with E-state index in [0.717, 1.165) is 48.7 Å². The van der Waals surface area contributed by atoms with E-state index in [1.54, 1.807) is 24.3 Å². The first-order valence-corrected chi connectivity index (χ1v) is 15.4. The Morgan fingerprint density at radius 1 is 1.13 bits per heavy atom. The molecule has 10 heteroatoms. The van der Waals surface area contributed by atoms with Crippen molar-refractivity contribution in [2.45, 2.75) is 58.9 Å². The maximum absolute atomic E-state index is 14.3. The Labute approximate surface area is 269 Å². The summed E-state index contributed by atoms with van der Waals surface area (Å²) in [5, 5.41) is 8.96. The molecule has 9 nitrogen and oxygen atoms in total. The van der Waals surface area contributed by atoms with E-state index in [1.165, 1.54) is 13.2 Å². The minimum absolute atomic E-state index is 0.0267. The first-order valence-electron chi connectivity index (χ1n) is 15.4. The SMILES string of the molecule is C#C.CC.COC(=O)c1ccc2nc(CN3CC(C)C(c4cccc(OCc5ccc(C#N)cc5F)n4)C3)n(CC3CCO3)c2c1. The number of benzene rings is 2. The highest BCUT2D eigenvalue weighted by Gasteiger charge is 2.33. The topological polar surface area (TPSA) is 102 Å². The summed E-state index contributed by atoms with van der Waals surface area (Å²) in [5.74, 6) is 1.07. The summed E-state index contributed by atoms with van der Waals surface area (Å²) in [6, 6.07) is 17.5. The van der Waals surface area contributed by atoms with Gasteiger partial charge in [-0.15, -0.1) is 12.8 Å². The monoisotopic (exact) mass is 625 g/mol. The van der Waals surface area contributed by atoms with E-state index in [4.69, 9.17) is 29.4 Å². The fraction of sp³-hybridized carbons (Fsp3) is 0.389. The minimum Gasteiger partial charge on any atom is -0.473 e. The van der Waals surface area contributed by atoms with E-state index in [0.29, 0.717) is 36.0 Å². The number of methoxy groups -OCH3 is 1. The molecule has 2 fully saturated rings. The quantitative estimate of drug-likeness (QED) is 0.162. The zero-order chi connectivity index (χ0) is 33.2. The number of imidazole rings is 1. The fourth-order valence-corrected chi connectivity index (χ4v) is 5.76. The van der Waals surface area contributed by atoms with Crippen LogP contribution in [0.15, 0.2) is 54.6 Å². The van der Waals surface area contributed by atoms with Crippen LogP contribution in [0.2, 0.25) is 0 Å². The van der Waals surface area contributed by atoms with Crippen LogP contribution in [0.25, 0.3) is 11.0 Å². The zero-order valence-corrected chi connectivity index (χ0v) is 26.8. The van der Waals surface area contributed by atoms with Gasteiger partial charge in [0.15, 0.2) is 0 Å². The number of hydrogen-bond donors (Lipinski definition) is 0. The number of hydrogen-bond acceptors (Lipinski definition) is 8. The smallest absolute Gasteiger partial charge is 0.337 e. The van der Waals surface area contributed by atoms with Gasteiger partial charge in [-0.3, -0.25) is 4.90 Å². The molecule has 0 bridgehead atoms. The second-order valence-electron chi connectivity index (χ2n) is 11.0. The summed E-state index contributed by atoms with van der Waals surface area (Å²) >= 11 is 0. The average molecular weight is 626 g/mol. The molecule has 2 aliphatic rings. The first kappa shape index (κ1) is 34.1. The van der Waals surface area contributed by atoms with Crippen molar-refractivity contribution in [3.8, 4) is 24.8 Å². The molecule has 2 saturated heterocycles. The largest absolute Gasteiger partial charge is 0.473 e. The predicted molar refractivity (Wildman–Crippen MR) is 174 cm³/mol. The lowest BCUT2D eigenvalue weighted by Crippen LogP contribution is -2.32. The number of halogens is 1. The molecular weight excluding hydrogens is 585 g/mol. The number of nitriles is 1. The molecule has 4 heterocycles. The van der Waals surface area contributed by atoms with Crippen molar-refractivity contribution >= 4 is 17.0 Å². The van der Waals surface area contributed by atoms with E-state index >= 15 is 0 Å². The average Bonchev–Trinajstić information content (AvgIpc) is 3.61. The normalized spacial score (nSPS) is 18.7. The van der Waals surface area contributed by atoms with Gasteiger partial charge in [0.05, 0.1) is 54.5 Å². The number of fused-ring (bicyclic) bond motifs is 1. The number of pyridine rings is 1. The number of aromatic nitrogens is 3. The molecule has 3 atom stereocenters. The Balaban J connectivity index is 0.00000116. The Bertz CT molecular complexity index is 1710. The minimum atomic E-state index is -0.471. The molecule has 0 aliphatic carbocycles. The lowest BCUT2D eigenvalue weighted by Gasteiger charge is -2.28. The summed E-state index contributed by atoms with van der Waals surface area (Å²) in [5.41, 5.74) is 3.81. The number of carbonyl (C=O) groups excluding carboxylic acids is 1. The van der Waals surface area contributed by atoms with Gasteiger partial charge in [-0.2, -0.15) is 5.26 Å². The molecule has 0 amide bonds. The predicted octanol–water partition coefficient (Wildman–Crippen LogP) is 6.11. The van der Waals surface area contributed by atoms with Crippen LogP contribution in [-0.2, 0) is 29.2 Å². The molecule has 0 saturated carbocycles. The van der Waals surface area contributed by atoms with Crippen LogP contribution in [-0.4, -0.2) is 58.3 Å². The Kier molecular flexibility index (Phi) is 11.9. The first-order chi connectivity index (χ1) is 22.4. The van der Waals surface area contributed by atoms with Gasteiger partial charge in [0.1, 0.15) is 18.2 Å². The van der Waals surface area contributed by atoms with Gasteiger partial charge < -0.3 is 18.8 Å². The number of ether oxygens (including phenoxy) is 3. The van der Waals surface area contributed by atoms with Crippen LogP contribution < -0.4 is 4.74 Å². The second-order valence-corrected chi connectivity index (χ2v) is 11.0. The van der Waals surface area contributed by atoms with Gasteiger partial charge in [-0.05, 0) is 48.7 Å². The standard InChI is InChI=1S/C32H32FN5O4.C2H6.C2H2/c1-20-15-37(17-25(20)27-4-3-5-31(36-27)42-19-23-7-6-21(14-34)12-26(23)33)18-30-35-28-9-8-22(32(39)40-2)13-29(28)38(30)16-24-10-11-41-24;2*1-2/h3-9,12-13,20,24-25H,10-11,15-19H2,1-2H3;1-2H3;1-2H. The molecule has 2 aromatic heterocycles. The molecule has 3 unspecified atom stereocenters. The molecule has 4 aromatic rings.